The minimum absolute atomic E-state index is 0.215. The van der Waals surface area contributed by atoms with Crippen LogP contribution in [0.2, 0.25) is 0 Å². The van der Waals surface area contributed by atoms with Crippen molar-refractivity contribution in [1.29, 1.82) is 0 Å². The molecule has 0 aliphatic heterocycles. The van der Waals surface area contributed by atoms with Gasteiger partial charge in [0.25, 0.3) is 0 Å². The van der Waals surface area contributed by atoms with Gasteiger partial charge in [0.1, 0.15) is 12.4 Å². The number of quaternary nitrogens is 1. The summed E-state index contributed by atoms with van der Waals surface area (Å²) in [7, 11) is 3.73. The second-order valence-electron chi connectivity index (χ2n) is 7.04. The van der Waals surface area contributed by atoms with E-state index in [0.29, 0.717) is 31.1 Å². The van der Waals surface area contributed by atoms with Crippen molar-refractivity contribution in [3.63, 3.8) is 0 Å². The molecule has 0 saturated carbocycles. The first-order valence-electron chi connectivity index (χ1n) is 9.27. The summed E-state index contributed by atoms with van der Waals surface area (Å²) in [6.45, 7) is 4.54. The quantitative estimate of drug-likeness (QED) is 0.590. The van der Waals surface area contributed by atoms with Crippen LogP contribution in [0.3, 0.4) is 0 Å². The van der Waals surface area contributed by atoms with Crippen LogP contribution in [0.15, 0.2) is 48.5 Å². The van der Waals surface area contributed by atoms with E-state index in [9.17, 15) is 4.39 Å². The summed E-state index contributed by atoms with van der Waals surface area (Å²) < 4.78 is 23.2. The van der Waals surface area contributed by atoms with Crippen molar-refractivity contribution >= 4 is 12.2 Å². The maximum Gasteiger partial charge on any atom is 0.203 e. The Balaban J connectivity index is 1.87. The van der Waals surface area contributed by atoms with Gasteiger partial charge in [0.15, 0.2) is 12.5 Å². The minimum Gasteiger partial charge on any atom is -0.383 e. The molecule has 0 fully saturated rings. The molecule has 7 heteroatoms. The summed E-state index contributed by atoms with van der Waals surface area (Å²) >= 11 is 5.70. The van der Waals surface area contributed by atoms with Gasteiger partial charge in [-0.15, -0.1) is 5.10 Å². The average Bonchev–Trinajstić information content (AvgIpc) is 2.95. The fourth-order valence-electron chi connectivity index (χ4n) is 3.23. The molecule has 0 spiro atoms. The lowest BCUT2D eigenvalue weighted by molar-refractivity contribution is -0.917. The van der Waals surface area contributed by atoms with Crippen LogP contribution in [-0.4, -0.2) is 35.1 Å². The van der Waals surface area contributed by atoms with Crippen molar-refractivity contribution in [3.8, 4) is 11.4 Å². The molecule has 0 aliphatic rings. The molecular formula is C21H26FN4OS+. The highest BCUT2D eigenvalue weighted by Crippen LogP contribution is 2.19. The van der Waals surface area contributed by atoms with Crippen molar-refractivity contribution in [1.82, 2.24) is 14.3 Å². The van der Waals surface area contributed by atoms with E-state index in [4.69, 9.17) is 22.1 Å². The topological polar surface area (TPSA) is 36.4 Å². The van der Waals surface area contributed by atoms with Crippen LogP contribution in [-0.2, 0) is 24.5 Å². The zero-order valence-corrected chi connectivity index (χ0v) is 17.3. The van der Waals surface area contributed by atoms with Gasteiger partial charge in [-0.3, -0.25) is 4.57 Å². The standard InChI is InChI=1S/C21H25FN4OS/c1-16-6-4-8-18(12-16)20-23-26(21(28)25(20)10-11-27-3)15-24(2)14-17-7-5-9-19(22)13-17/h4-9,12-13H,10-11,14-15H2,1-3H3/p+1. The Morgan fingerprint density at radius 1 is 1.18 bits per heavy atom. The van der Waals surface area contributed by atoms with Crippen molar-refractivity contribution in [3.05, 3.63) is 70.2 Å². The van der Waals surface area contributed by atoms with E-state index in [0.717, 1.165) is 21.9 Å². The smallest absolute Gasteiger partial charge is 0.203 e. The van der Waals surface area contributed by atoms with Crippen LogP contribution in [0, 0.1) is 17.5 Å². The van der Waals surface area contributed by atoms with Gasteiger partial charge in [-0.1, -0.05) is 35.9 Å². The van der Waals surface area contributed by atoms with Crippen molar-refractivity contribution < 1.29 is 14.0 Å². The number of hydrogen-bond donors (Lipinski definition) is 1. The number of hydrogen-bond acceptors (Lipinski definition) is 3. The van der Waals surface area contributed by atoms with Crippen molar-refractivity contribution in [2.24, 2.45) is 0 Å². The van der Waals surface area contributed by atoms with Crippen LogP contribution in [0.25, 0.3) is 11.4 Å². The Labute approximate surface area is 170 Å². The highest BCUT2D eigenvalue weighted by atomic mass is 32.1. The van der Waals surface area contributed by atoms with E-state index in [2.05, 4.69) is 19.1 Å². The SMILES string of the molecule is COCCn1c(-c2cccc(C)c2)nn(C[NH+](C)Cc2cccc(F)c2)c1=S. The van der Waals surface area contributed by atoms with E-state index in [1.165, 1.54) is 11.6 Å². The lowest BCUT2D eigenvalue weighted by Crippen LogP contribution is -3.07. The first-order valence-corrected chi connectivity index (χ1v) is 9.68. The third-order valence-electron chi connectivity index (χ3n) is 4.53. The largest absolute Gasteiger partial charge is 0.383 e. The van der Waals surface area contributed by atoms with Crippen LogP contribution < -0.4 is 4.90 Å². The average molecular weight is 402 g/mol. The van der Waals surface area contributed by atoms with Gasteiger partial charge >= 0.3 is 0 Å². The Hall–Kier alpha value is -2.35. The zero-order chi connectivity index (χ0) is 20.1. The molecule has 0 amide bonds. The fourth-order valence-corrected chi connectivity index (χ4v) is 3.52. The molecule has 1 atom stereocenters. The van der Waals surface area contributed by atoms with Crippen LogP contribution >= 0.6 is 12.2 Å². The summed E-state index contributed by atoms with van der Waals surface area (Å²) in [5.74, 6) is 0.622. The molecule has 5 nitrogen and oxygen atoms in total. The Morgan fingerprint density at radius 2 is 1.96 bits per heavy atom. The summed E-state index contributed by atoms with van der Waals surface area (Å²) in [6, 6.07) is 14.9. The Kier molecular flexibility index (Phi) is 6.72. The molecule has 2 aromatic carbocycles. The predicted molar refractivity (Wildman–Crippen MR) is 110 cm³/mol. The molecule has 0 aliphatic carbocycles. The van der Waals surface area contributed by atoms with E-state index >= 15 is 0 Å². The predicted octanol–water partition coefficient (Wildman–Crippen LogP) is 2.85. The number of rotatable bonds is 8. The third kappa shape index (κ3) is 4.92. The number of ether oxygens (including phenoxy) is 1. The first-order chi connectivity index (χ1) is 13.5. The van der Waals surface area contributed by atoms with E-state index in [1.54, 1.807) is 19.2 Å². The number of nitrogens with zero attached hydrogens (tertiary/aromatic N) is 3. The number of aryl methyl sites for hydroxylation is 1. The van der Waals surface area contributed by atoms with Gasteiger partial charge in [0.05, 0.1) is 20.2 Å². The number of methoxy groups -OCH3 is 1. The van der Waals surface area contributed by atoms with E-state index in [-0.39, 0.29) is 5.82 Å². The van der Waals surface area contributed by atoms with Crippen LogP contribution in [0.5, 0.6) is 0 Å². The highest BCUT2D eigenvalue weighted by Gasteiger charge is 2.15. The van der Waals surface area contributed by atoms with Crippen LogP contribution in [0.4, 0.5) is 4.39 Å². The second kappa shape index (κ2) is 9.23. The molecule has 0 radical (unpaired) electrons. The van der Waals surface area contributed by atoms with Gasteiger partial charge in [0.2, 0.25) is 4.77 Å². The number of aromatic nitrogens is 3. The molecule has 1 aromatic heterocycles. The summed E-state index contributed by atoms with van der Waals surface area (Å²) in [5.41, 5.74) is 3.15. The summed E-state index contributed by atoms with van der Waals surface area (Å²) in [4.78, 5) is 1.16. The van der Waals surface area contributed by atoms with Crippen molar-refractivity contribution in [2.45, 2.75) is 26.7 Å². The number of nitrogens with one attached hydrogen (secondary N) is 1. The molecular weight excluding hydrogens is 375 g/mol. The van der Waals surface area contributed by atoms with Gasteiger partial charge in [-0.2, -0.15) is 4.68 Å². The molecule has 1 unspecified atom stereocenters. The van der Waals surface area contributed by atoms with E-state index in [1.807, 2.05) is 34.5 Å². The Bertz CT molecular complexity index is 998. The van der Waals surface area contributed by atoms with Gasteiger partial charge < -0.3 is 9.64 Å². The summed E-state index contributed by atoms with van der Waals surface area (Å²) in [6.07, 6.45) is 0. The van der Waals surface area contributed by atoms with Gasteiger partial charge in [-0.25, -0.2) is 4.39 Å². The Morgan fingerprint density at radius 3 is 2.68 bits per heavy atom. The minimum atomic E-state index is -0.215. The summed E-state index contributed by atoms with van der Waals surface area (Å²) in [5, 5.41) is 4.80. The number of benzene rings is 2. The normalized spacial score (nSPS) is 12.3. The second-order valence-corrected chi connectivity index (χ2v) is 7.41. The highest BCUT2D eigenvalue weighted by molar-refractivity contribution is 7.71. The monoisotopic (exact) mass is 401 g/mol. The van der Waals surface area contributed by atoms with E-state index < -0.39 is 0 Å². The van der Waals surface area contributed by atoms with Crippen molar-refractivity contribution in [2.75, 3.05) is 20.8 Å². The molecule has 3 aromatic rings. The maximum atomic E-state index is 13.4. The molecule has 0 saturated heterocycles. The number of halogens is 1. The zero-order valence-electron chi connectivity index (χ0n) is 16.5. The van der Waals surface area contributed by atoms with Gasteiger partial charge in [-0.05, 0) is 37.3 Å². The molecule has 28 heavy (non-hydrogen) atoms. The van der Waals surface area contributed by atoms with Gasteiger partial charge in [0, 0.05) is 18.2 Å². The molecule has 148 valence electrons. The lowest BCUT2D eigenvalue weighted by atomic mass is 10.1. The molecule has 3 rings (SSSR count). The molecule has 0 bridgehead atoms. The lowest BCUT2D eigenvalue weighted by Gasteiger charge is -2.13. The molecule has 1 heterocycles. The first kappa shape index (κ1) is 20.4. The van der Waals surface area contributed by atoms with Crippen LogP contribution in [0.1, 0.15) is 11.1 Å². The fraction of sp³-hybridized carbons (Fsp3) is 0.333. The third-order valence-corrected chi connectivity index (χ3v) is 4.96. The maximum absolute atomic E-state index is 13.4. The molecule has 1 N–H and O–H groups in total.